The van der Waals surface area contributed by atoms with Gasteiger partial charge >= 0.3 is 0 Å². The van der Waals surface area contributed by atoms with Gasteiger partial charge < -0.3 is 0 Å². The van der Waals surface area contributed by atoms with Gasteiger partial charge in [-0.3, -0.25) is 15.0 Å². The number of halogens is 1. The summed E-state index contributed by atoms with van der Waals surface area (Å²) in [7, 11) is 0. The molecule has 1 atom stereocenters. The Bertz CT molecular complexity index is 499. The third-order valence-electron chi connectivity index (χ3n) is 2.87. The van der Waals surface area contributed by atoms with E-state index in [1.807, 2.05) is 18.7 Å². The summed E-state index contributed by atoms with van der Waals surface area (Å²) in [5.74, 6) is -0.124. The molecule has 0 N–H and O–H groups in total. The summed E-state index contributed by atoms with van der Waals surface area (Å²) in [5.41, 5.74) is 0.525. The quantitative estimate of drug-likeness (QED) is 0.593. The van der Waals surface area contributed by atoms with Crippen molar-refractivity contribution in [2.45, 2.75) is 20.4 Å². The maximum Gasteiger partial charge on any atom is 0.275 e. The minimum atomic E-state index is -0.428. The van der Waals surface area contributed by atoms with Crippen LogP contribution in [0.1, 0.15) is 19.4 Å². The topological polar surface area (TPSA) is 70.2 Å². The van der Waals surface area contributed by atoms with Crippen LogP contribution in [-0.2, 0) is 6.54 Å². The van der Waals surface area contributed by atoms with E-state index in [0.717, 1.165) is 0 Å². The minimum Gasteiger partial charge on any atom is -0.298 e. The second-order valence-corrected chi connectivity index (χ2v) is 4.76. The molecule has 0 radical (unpaired) electrons. The third kappa shape index (κ3) is 4.19. The molecule has 0 saturated carbocycles. The number of benzene rings is 1. The molecule has 6 heteroatoms. The van der Waals surface area contributed by atoms with Crippen LogP contribution in [0, 0.1) is 27.4 Å². The zero-order valence-electron chi connectivity index (χ0n) is 11.0. The summed E-state index contributed by atoms with van der Waals surface area (Å²) in [6, 6.07) is 6.82. The largest absolute Gasteiger partial charge is 0.298 e. The predicted octanol–water partition coefficient (Wildman–Crippen LogP) is 3.23. The molecule has 0 amide bonds. The lowest BCUT2D eigenvalue weighted by molar-refractivity contribution is -0.385. The van der Waals surface area contributed by atoms with Crippen molar-refractivity contribution in [1.82, 2.24) is 4.90 Å². The van der Waals surface area contributed by atoms with E-state index in [4.69, 9.17) is 16.9 Å². The molecule has 0 fully saturated rings. The number of hydrogen-bond acceptors (Lipinski definition) is 4. The van der Waals surface area contributed by atoms with Crippen LogP contribution in [-0.4, -0.2) is 22.9 Å². The highest BCUT2D eigenvalue weighted by molar-refractivity contribution is 6.31. The van der Waals surface area contributed by atoms with E-state index in [9.17, 15) is 10.1 Å². The van der Waals surface area contributed by atoms with Gasteiger partial charge in [0.25, 0.3) is 5.69 Å². The Morgan fingerprint density at radius 1 is 1.58 bits per heavy atom. The van der Waals surface area contributed by atoms with Crippen LogP contribution in [0.4, 0.5) is 5.69 Å². The maximum absolute atomic E-state index is 11.0. The smallest absolute Gasteiger partial charge is 0.275 e. The number of nitro benzene ring substituents is 1. The molecule has 1 rings (SSSR count). The van der Waals surface area contributed by atoms with Gasteiger partial charge in [0.15, 0.2) is 0 Å². The molecule has 0 aromatic heterocycles. The monoisotopic (exact) mass is 281 g/mol. The van der Waals surface area contributed by atoms with Crippen molar-refractivity contribution >= 4 is 17.3 Å². The summed E-state index contributed by atoms with van der Waals surface area (Å²) >= 11 is 6.05. The highest BCUT2D eigenvalue weighted by atomic mass is 35.5. The lowest BCUT2D eigenvalue weighted by atomic mass is 10.1. The number of rotatable bonds is 6. The van der Waals surface area contributed by atoms with Crippen molar-refractivity contribution in [1.29, 1.82) is 5.26 Å². The Labute approximate surface area is 117 Å². The number of nitrogens with zero attached hydrogens (tertiary/aromatic N) is 3. The SMILES string of the molecule is CCN(Cc1c(Cl)cccc1[N+](=O)[O-])CC(C)C#N. The Kier molecular flexibility index (Phi) is 5.74. The summed E-state index contributed by atoms with van der Waals surface area (Å²) in [6.07, 6.45) is 0. The van der Waals surface area contributed by atoms with Crippen molar-refractivity contribution in [2.75, 3.05) is 13.1 Å². The molecule has 0 aliphatic heterocycles. The summed E-state index contributed by atoms with van der Waals surface area (Å²) < 4.78 is 0. The van der Waals surface area contributed by atoms with Gasteiger partial charge in [0, 0.05) is 19.2 Å². The van der Waals surface area contributed by atoms with Gasteiger partial charge in [-0.15, -0.1) is 0 Å². The first-order valence-electron chi connectivity index (χ1n) is 6.03. The molecule has 1 unspecified atom stereocenters. The fourth-order valence-corrected chi connectivity index (χ4v) is 2.06. The van der Waals surface area contributed by atoms with Crippen LogP contribution in [0.2, 0.25) is 5.02 Å². The Morgan fingerprint density at radius 2 is 2.26 bits per heavy atom. The molecule has 0 bridgehead atoms. The van der Waals surface area contributed by atoms with Crippen LogP contribution in [0.15, 0.2) is 18.2 Å². The van der Waals surface area contributed by atoms with Gasteiger partial charge in [-0.2, -0.15) is 5.26 Å². The van der Waals surface area contributed by atoms with E-state index in [1.165, 1.54) is 6.07 Å². The first-order chi connectivity index (χ1) is 8.99. The normalized spacial score (nSPS) is 12.2. The lowest BCUT2D eigenvalue weighted by Gasteiger charge is -2.21. The van der Waals surface area contributed by atoms with Gasteiger partial charge in [0.1, 0.15) is 0 Å². The molecular weight excluding hydrogens is 266 g/mol. The maximum atomic E-state index is 11.0. The van der Waals surface area contributed by atoms with Crippen LogP contribution < -0.4 is 0 Å². The fraction of sp³-hybridized carbons (Fsp3) is 0.462. The summed E-state index contributed by atoms with van der Waals surface area (Å²) in [4.78, 5) is 12.5. The molecule has 19 heavy (non-hydrogen) atoms. The molecule has 0 aliphatic rings. The van der Waals surface area contributed by atoms with Crippen molar-refractivity contribution in [3.8, 4) is 6.07 Å². The molecule has 1 aromatic carbocycles. The molecule has 0 saturated heterocycles. The second kappa shape index (κ2) is 7.07. The van der Waals surface area contributed by atoms with Crippen molar-refractivity contribution in [3.63, 3.8) is 0 Å². The van der Waals surface area contributed by atoms with Gasteiger partial charge in [-0.1, -0.05) is 24.6 Å². The predicted molar refractivity (Wildman–Crippen MR) is 73.8 cm³/mol. The Balaban J connectivity index is 2.97. The molecule has 0 aliphatic carbocycles. The van der Waals surface area contributed by atoms with Crippen molar-refractivity contribution in [2.24, 2.45) is 5.92 Å². The third-order valence-corrected chi connectivity index (χ3v) is 3.23. The number of nitriles is 1. The Hall–Kier alpha value is -1.64. The van der Waals surface area contributed by atoms with Crippen LogP contribution >= 0.6 is 11.6 Å². The first-order valence-corrected chi connectivity index (χ1v) is 6.41. The van der Waals surface area contributed by atoms with Crippen LogP contribution in [0.3, 0.4) is 0 Å². The van der Waals surface area contributed by atoms with E-state index in [-0.39, 0.29) is 11.6 Å². The van der Waals surface area contributed by atoms with Gasteiger partial charge in [-0.25, -0.2) is 0 Å². The molecule has 1 aromatic rings. The highest BCUT2D eigenvalue weighted by Gasteiger charge is 2.19. The average molecular weight is 282 g/mol. The molecule has 5 nitrogen and oxygen atoms in total. The average Bonchev–Trinajstić information content (AvgIpc) is 2.39. The number of nitro groups is 1. The van der Waals surface area contributed by atoms with Crippen molar-refractivity contribution in [3.05, 3.63) is 38.9 Å². The zero-order valence-corrected chi connectivity index (χ0v) is 11.7. The first kappa shape index (κ1) is 15.4. The van der Waals surface area contributed by atoms with E-state index in [0.29, 0.717) is 30.2 Å². The molecule has 0 heterocycles. The standard InChI is InChI=1S/C13H16ClN3O2/c1-3-16(8-10(2)7-15)9-11-12(14)5-4-6-13(11)17(18)19/h4-6,10H,3,8-9H2,1-2H3. The summed E-state index contributed by atoms with van der Waals surface area (Å²) in [5, 5.41) is 20.2. The van der Waals surface area contributed by atoms with E-state index in [2.05, 4.69) is 6.07 Å². The molecular formula is C13H16ClN3O2. The van der Waals surface area contributed by atoms with E-state index >= 15 is 0 Å². The fourth-order valence-electron chi connectivity index (χ4n) is 1.83. The van der Waals surface area contributed by atoms with Gasteiger partial charge in [-0.05, 0) is 19.5 Å². The van der Waals surface area contributed by atoms with Gasteiger partial charge in [0.2, 0.25) is 0 Å². The molecule has 0 spiro atoms. The van der Waals surface area contributed by atoms with E-state index in [1.54, 1.807) is 12.1 Å². The number of hydrogen-bond donors (Lipinski definition) is 0. The lowest BCUT2D eigenvalue weighted by Crippen LogP contribution is -2.28. The van der Waals surface area contributed by atoms with Crippen LogP contribution in [0.25, 0.3) is 0 Å². The van der Waals surface area contributed by atoms with Gasteiger partial charge in [0.05, 0.1) is 27.5 Å². The Morgan fingerprint density at radius 3 is 2.79 bits per heavy atom. The van der Waals surface area contributed by atoms with Crippen molar-refractivity contribution < 1.29 is 4.92 Å². The van der Waals surface area contributed by atoms with E-state index < -0.39 is 4.92 Å². The second-order valence-electron chi connectivity index (χ2n) is 4.35. The van der Waals surface area contributed by atoms with Crippen LogP contribution in [0.5, 0.6) is 0 Å². The zero-order chi connectivity index (χ0) is 14.4. The molecule has 102 valence electrons. The summed E-state index contributed by atoms with van der Waals surface area (Å²) in [6.45, 7) is 5.42. The highest BCUT2D eigenvalue weighted by Crippen LogP contribution is 2.27. The minimum absolute atomic E-state index is 0.0237.